The predicted octanol–water partition coefficient (Wildman–Crippen LogP) is 5.40. The van der Waals surface area contributed by atoms with Gasteiger partial charge in [0.2, 0.25) is 0 Å². The highest BCUT2D eigenvalue weighted by molar-refractivity contribution is 6.04. The Morgan fingerprint density at radius 1 is 0.812 bits per heavy atom. The lowest BCUT2D eigenvalue weighted by Gasteiger charge is -2.26. The maximum atomic E-state index is 12.8. The van der Waals surface area contributed by atoms with E-state index in [0.29, 0.717) is 36.3 Å². The van der Waals surface area contributed by atoms with Gasteiger partial charge in [0.05, 0.1) is 0 Å². The minimum Gasteiger partial charge on any atom is -0.461 e. The molecule has 3 aromatic carbocycles. The average Bonchev–Trinajstić information content (AvgIpc) is 3.28. The van der Waals surface area contributed by atoms with Crippen LogP contribution >= 0.6 is 0 Å². The number of anilines is 1. The SMILES string of the molecule is O=C(Nc1cccc(-c2cc3c(o2)CCN(C(=O)c2ccccc2)C3)c1)c1ccccc1. The van der Waals surface area contributed by atoms with Crippen LogP contribution < -0.4 is 5.32 Å². The molecule has 0 spiro atoms. The molecule has 1 N–H and O–H groups in total. The van der Waals surface area contributed by atoms with E-state index in [4.69, 9.17) is 4.42 Å². The van der Waals surface area contributed by atoms with Gasteiger partial charge in [0.25, 0.3) is 11.8 Å². The fourth-order valence-corrected chi connectivity index (χ4v) is 3.95. The molecule has 0 bridgehead atoms. The number of nitrogens with one attached hydrogen (secondary N) is 1. The second-order valence-corrected chi connectivity index (χ2v) is 7.80. The minimum absolute atomic E-state index is 0.0321. The fraction of sp³-hybridized carbons (Fsp3) is 0.111. The summed E-state index contributed by atoms with van der Waals surface area (Å²) >= 11 is 0. The van der Waals surface area contributed by atoms with Crippen molar-refractivity contribution in [3.05, 3.63) is 113 Å². The first-order chi connectivity index (χ1) is 15.7. The highest BCUT2D eigenvalue weighted by Gasteiger charge is 2.25. The quantitative estimate of drug-likeness (QED) is 0.479. The Labute approximate surface area is 186 Å². The monoisotopic (exact) mass is 422 g/mol. The smallest absolute Gasteiger partial charge is 0.255 e. The number of hydrogen-bond donors (Lipinski definition) is 1. The van der Waals surface area contributed by atoms with Crippen LogP contribution in [0.4, 0.5) is 5.69 Å². The first-order valence-corrected chi connectivity index (χ1v) is 10.6. The van der Waals surface area contributed by atoms with E-state index in [1.807, 2.05) is 83.8 Å². The van der Waals surface area contributed by atoms with Gasteiger partial charge in [0, 0.05) is 47.5 Å². The van der Waals surface area contributed by atoms with E-state index in [0.717, 1.165) is 22.6 Å². The Hall–Kier alpha value is -4.12. The van der Waals surface area contributed by atoms with Crippen LogP contribution in [-0.4, -0.2) is 23.3 Å². The molecule has 0 unspecified atom stereocenters. The first-order valence-electron chi connectivity index (χ1n) is 10.6. The van der Waals surface area contributed by atoms with Crippen LogP contribution in [-0.2, 0) is 13.0 Å². The second-order valence-electron chi connectivity index (χ2n) is 7.80. The van der Waals surface area contributed by atoms with Crippen LogP contribution in [0.5, 0.6) is 0 Å². The van der Waals surface area contributed by atoms with Gasteiger partial charge in [-0.05, 0) is 42.5 Å². The minimum atomic E-state index is -0.156. The third kappa shape index (κ3) is 4.05. The highest BCUT2D eigenvalue weighted by Crippen LogP contribution is 2.31. The lowest BCUT2D eigenvalue weighted by Crippen LogP contribution is -2.35. The van der Waals surface area contributed by atoms with E-state index >= 15 is 0 Å². The van der Waals surface area contributed by atoms with Crippen molar-refractivity contribution in [1.29, 1.82) is 0 Å². The molecule has 5 heteroatoms. The molecule has 158 valence electrons. The Balaban J connectivity index is 1.33. The Morgan fingerprint density at radius 3 is 2.28 bits per heavy atom. The molecule has 1 aromatic heterocycles. The maximum absolute atomic E-state index is 12.8. The van der Waals surface area contributed by atoms with Gasteiger partial charge in [-0.15, -0.1) is 0 Å². The van der Waals surface area contributed by atoms with Crippen LogP contribution in [0.1, 0.15) is 32.0 Å². The molecule has 2 heterocycles. The molecular formula is C27H22N2O3. The summed E-state index contributed by atoms with van der Waals surface area (Å²) < 4.78 is 6.12. The van der Waals surface area contributed by atoms with Crippen molar-refractivity contribution in [1.82, 2.24) is 4.90 Å². The predicted molar refractivity (Wildman–Crippen MR) is 123 cm³/mol. The number of furan rings is 1. The number of carbonyl (C=O) groups is 2. The normalized spacial score (nSPS) is 12.8. The van der Waals surface area contributed by atoms with Crippen LogP contribution in [0, 0.1) is 0 Å². The maximum Gasteiger partial charge on any atom is 0.255 e. The van der Waals surface area contributed by atoms with E-state index in [-0.39, 0.29) is 11.8 Å². The van der Waals surface area contributed by atoms with Crippen molar-refractivity contribution in [3.63, 3.8) is 0 Å². The third-order valence-corrected chi connectivity index (χ3v) is 5.62. The van der Waals surface area contributed by atoms with Crippen LogP contribution in [0.2, 0.25) is 0 Å². The van der Waals surface area contributed by atoms with Crippen LogP contribution in [0.15, 0.2) is 95.4 Å². The summed E-state index contributed by atoms with van der Waals surface area (Å²) in [4.78, 5) is 27.1. The van der Waals surface area contributed by atoms with Crippen molar-refractivity contribution < 1.29 is 14.0 Å². The molecule has 0 saturated carbocycles. The van der Waals surface area contributed by atoms with E-state index in [9.17, 15) is 9.59 Å². The molecule has 0 aliphatic carbocycles. The largest absolute Gasteiger partial charge is 0.461 e. The molecule has 0 fully saturated rings. The molecule has 0 atom stereocenters. The molecule has 4 aromatic rings. The molecular weight excluding hydrogens is 400 g/mol. The number of hydrogen-bond acceptors (Lipinski definition) is 3. The highest BCUT2D eigenvalue weighted by atomic mass is 16.3. The summed E-state index contributed by atoms with van der Waals surface area (Å²) in [5.41, 5.74) is 3.91. The number of carbonyl (C=O) groups excluding carboxylic acids is 2. The molecule has 5 nitrogen and oxygen atoms in total. The standard InChI is InChI=1S/C27H22N2O3/c30-26(19-8-3-1-4-9-19)28-23-13-7-12-21(16-23)25-17-22-18-29(15-14-24(22)32-25)27(31)20-10-5-2-6-11-20/h1-13,16-17H,14-15,18H2,(H,28,30). The zero-order chi connectivity index (χ0) is 21.9. The van der Waals surface area contributed by atoms with Crippen molar-refractivity contribution >= 4 is 17.5 Å². The molecule has 0 saturated heterocycles. The average molecular weight is 422 g/mol. The van der Waals surface area contributed by atoms with Gasteiger partial charge in [0.1, 0.15) is 11.5 Å². The number of amides is 2. The zero-order valence-corrected chi connectivity index (χ0v) is 17.5. The summed E-state index contributed by atoms with van der Waals surface area (Å²) in [6.45, 7) is 1.15. The van der Waals surface area contributed by atoms with Gasteiger partial charge in [-0.3, -0.25) is 9.59 Å². The van der Waals surface area contributed by atoms with Crippen molar-refractivity contribution in [2.45, 2.75) is 13.0 Å². The second kappa shape index (κ2) is 8.55. The van der Waals surface area contributed by atoms with Gasteiger partial charge in [-0.25, -0.2) is 0 Å². The number of rotatable bonds is 4. The lowest BCUT2D eigenvalue weighted by molar-refractivity contribution is 0.0730. The Kier molecular flexibility index (Phi) is 5.30. The summed E-state index contributed by atoms with van der Waals surface area (Å²) in [6, 6.07) is 28.1. The van der Waals surface area contributed by atoms with Gasteiger partial charge in [-0.1, -0.05) is 48.5 Å². The summed E-state index contributed by atoms with van der Waals surface area (Å²) in [5.74, 6) is 1.52. The molecule has 5 rings (SSSR count). The first kappa shape index (κ1) is 19.8. The number of fused-ring (bicyclic) bond motifs is 1. The zero-order valence-electron chi connectivity index (χ0n) is 17.5. The van der Waals surface area contributed by atoms with Gasteiger partial charge >= 0.3 is 0 Å². The topological polar surface area (TPSA) is 62.6 Å². The molecule has 2 amide bonds. The molecule has 1 aliphatic rings. The van der Waals surface area contributed by atoms with Crippen LogP contribution in [0.3, 0.4) is 0 Å². The Morgan fingerprint density at radius 2 is 1.53 bits per heavy atom. The number of nitrogens with zero attached hydrogens (tertiary/aromatic N) is 1. The van der Waals surface area contributed by atoms with Crippen molar-refractivity contribution in [3.8, 4) is 11.3 Å². The van der Waals surface area contributed by atoms with E-state index in [2.05, 4.69) is 5.32 Å². The third-order valence-electron chi connectivity index (χ3n) is 5.62. The molecule has 1 aliphatic heterocycles. The lowest BCUT2D eigenvalue weighted by atomic mass is 10.1. The fourth-order valence-electron chi connectivity index (χ4n) is 3.95. The van der Waals surface area contributed by atoms with Crippen LogP contribution in [0.25, 0.3) is 11.3 Å². The number of benzene rings is 3. The van der Waals surface area contributed by atoms with E-state index < -0.39 is 0 Å². The summed E-state index contributed by atoms with van der Waals surface area (Å²) in [6.07, 6.45) is 0.679. The van der Waals surface area contributed by atoms with E-state index in [1.54, 1.807) is 12.1 Å². The Bertz CT molecular complexity index is 1260. The summed E-state index contributed by atoms with van der Waals surface area (Å²) in [5, 5.41) is 2.94. The van der Waals surface area contributed by atoms with Gasteiger partial charge < -0.3 is 14.6 Å². The summed E-state index contributed by atoms with van der Waals surface area (Å²) in [7, 11) is 0. The van der Waals surface area contributed by atoms with Gasteiger partial charge in [-0.2, -0.15) is 0 Å². The van der Waals surface area contributed by atoms with Gasteiger partial charge in [0.15, 0.2) is 0 Å². The van der Waals surface area contributed by atoms with Crippen molar-refractivity contribution in [2.75, 3.05) is 11.9 Å². The van der Waals surface area contributed by atoms with E-state index in [1.165, 1.54) is 0 Å². The van der Waals surface area contributed by atoms with Crippen molar-refractivity contribution in [2.24, 2.45) is 0 Å². The molecule has 0 radical (unpaired) electrons. The molecule has 32 heavy (non-hydrogen) atoms.